The van der Waals surface area contributed by atoms with Gasteiger partial charge in [-0.1, -0.05) is 17.2 Å². The van der Waals surface area contributed by atoms with E-state index in [1.807, 2.05) is 19.9 Å². The van der Waals surface area contributed by atoms with Crippen LogP contribution in [0.4, 0.5) is 16.6 Å². The second-order valence-corrected chi connectivity index (χ2v) is 6.71. The Morgan fingerprint density at radius 1 is 1.08 bits per heavy atom. The molecule has 1 heterocycles. The lowest BCUT2D eigenvalue weighted by atomic mass is 10.0. The fourth-order valence-corrected chi connectivity index (χ4v) is 2.65. The lowest BCUT2D eigenvalue weighted by Gasteiger charge is -2.11. The molecule has 0 radical (unpaired) electrons. The number of aryl methyl sites for hydroxylation is 2. The van der Waals surface area contributed by atoms with Gasteiger partial charge in [-0.25, -0.2) is 9.78 Å². The van der Waals surface area contributed by atoms with Crippen LogP contribution in [0.1, 0.15) is 31.4 Å². The molecule has 2 amide bonds. The van der Waals surface area contributed by atoms with E-state index in [2.05, 4.69) is 58.0 Å². The Labute approximate surface area is 154 Å². The van der Waals surface area contributed by atoms with Crippen molar-refractivity contribution in [2.75, 3.05) is 24.1 Å². The fraction of sp³-hybridized carbons (Fsp3) is 0.421. The molecule has 2 rings (SSSR count). The van der Waals surface area contributed by atoms with E-state index in [1.54, 1.807) is 0 Å². The third kappa shape index (κ3) is 6.23. The average molecular weight is 356 g/mol. The first-order chi connectivity index (χ1) is 12.3. The van der Waals surface area contributed by atoms with Crippen LogP contribution in [0.15, 0.2) is 24.3 Å². The third-order valence-corrected chi connectivity index (χ3v) is 3.63. The molecule has 26 heavy (non-hydrogen) atoms. The van der Waals surface area contributed by atoms with E-state index in [0.717, 1.165) is 17.7 Å². The van der Waals surface area contributed by atoms with Crippen LogP contribution in [-0.4, -0.2) is 35.1 Å². The molecule has 2 aromatic rings. The van der Waals surface area contributed by atoms with Crippen LogP contribution in [0.25, 0.3) is 11.3 Å². The van der Waals surface area contributed by atoms with Crippen LogP contribution in [0.2, 0.25) is 0 Å². The van der Waals surface area contributed by atoms with Crippen molar-refractivity contribution in [1.29, 1.82) is 0 Å². The Hall–Kier alpha value is -2.83. The second kappa shape index (κ2) is 9.03. The first-order valence-corrected chi connectivity index (χ1v) is 8.85. The van der Waals surface area contributed by atoms with Crippen molar-refractivity contribution in [2.45, 2.75) is 40.2 Å². The predicted octanol–water partition coefficient (Wildman–Crippen LogP) is 2.85. The predicted molar refractivity (Wildman–Crippen MR) is 106 cm³/mol. The fourth-order valence-electron chi connectivity index (χ4n) is 2.65. The highest BCUT2D eigenvalue weighted by atomic mass is 16.2. The zero-order valence-electron chi connectivity index (χ0n) is 15.9. The molecule has 1 aromatic carbocycles. The van der Waals surface area contributed by atoms with E-state index in [0.29, 0.717) is 18.9 Å². The van der Waals surface area contributed by atoms with Gasteiger partial charge in [0.05, 0.1) is 5.69 Å². The molecule has 5 N–H and O–H groups in total. The van der Waals surface area contributed by atoms with Crippen molar-refractivity contribution in [3.05, 3.63) is 35.4 Å². The summed E-state index contributed by atoms with van der Waals surface area (Å²) in [5, 5.41) is 8.84. The number of carbonyl (C=O) groups is 1. The highest BCUT2D eigenvalue weighted by Crippen LogP contribution is 2.23. The summed E-state index contributed by atoms with van der Waals surface area (Å²) in [4.78, 5) is 20.1. The van der Waals surface area contributed by atoms with Crippen LogP contribution in [0, 0.1) is 13.8 Å². The number of hydrogen-bond acceptors (Lipinski definition) is 5. The van der Waals surface area contributed by atoms with Gasteiger partial charge in [-0.15, -0.1) is 0 Å². The van der Waals surface area contributed by atoms with E-state index in [4.69, 9.17) is 5.73 Å². The van der Waals surface area contributed by atoms with Crippen LogP contribution in [-0.2, 0) is 0 Å². The molecule has 0 atom stereocenters. The van der Waals surface area contributed by atoms with Gasteiger partial charge in [-0.05, 0) is 46.2 Å². The Bertz CT molecular complexity index is 739. The SMILES string of the molecule is Cc1cc(C)cc(-c2cc(NCCCNC(=O)NC(C)C)nc(N)n2)c1. The minimum absolute atomic E-state index is 0.126. The van der Waals surface area contributed by atoms with Crippen molar-refractivity contribution in [1.82, 2.24) is 20.6 Å². The molecule has 0 aliphatic heterocycles. The van der Waals surface area contributed by atoms with Gasteiger partial charge in [0.15, 0.2) is 0 Å². The number of hydrogen-bond donors (Lipinski definition) is 4. The summed E-state index contributed by atoms with van der Waals surface area (Å²) in [5.41, 5.74) is 10.0. The van der Waals surface area contributed by atoms with Gasteiger partial charge in [0.1, 0.15) is 5.82 Å². The maximum absolute atomic E-state index is 11.5. The number of benzene rings is 1. The van der Waals surface area contributed by atoms with Gasteiger partial charge >= 0.3 is 6.03 Å². The topological polar surface area (TPSA) is 105 Å². The number of nitrogens with two attached hydrogens (primary N) is 1. The maximum atomic E-state index is 11.5. The lowest BCUT2D eigenvalue weighted by molar-refractivity contribution is 0.238. The molecule has 0 bridgehead atoms. The molecule has 140 valence electrons. The largest absolute Gasteiger partial charge is 0.370 e. The molecule has 7 nitrogen and oxygen atoms in total. The molecule has 0 unspecified atom stereocenters. The van der Waals surface area contributed by atoms with Gasteiger partial charge in [0.25, 0.3) is 0 Å². The number of amides is 2. The molecule has 1 aromatic heterocycles. The van der Waals surface area contributed by atoms with Crippen molar-refractivity contribution in [3.63, 3.8) is 0 Å². The van der Waals surface area contributed by atoms with Crippen LogP contribution in [0.5, 0.6) is 0 Å². The number of nitrogens with zero attached hydrogens (tertiary/aromatic N) is 2. The summed E-state index contributed by atoms with van der Waals surface area (Å²) in [7, 11) is 0. The molecule has 7 heteroatoms. The van der Waals surface area contributed by atoms with E-state index < -0.39 is 0 Å². The van der Waals surface area contributed by atoms with Crippen molar-refractivity contribution >= 4 is 17.8 Å². The smallest absolute Gasteiger partial charge is 0.314 e. The normalized spacial score (nSPS) is 10.7. The highest BCUT2D eigenvalue weighted by Gasteiger charge is 2.06. The molecule has 0 fully saturated rings. The van der Waals surface area contributed by atoms with Crippen LogP contribution >= 0.6 is 0 Å². The Morgan fingerprint density at radius 3 is 2.42 bits per heavy atom. The first kappa shape index (κ1) is 19.5. The van der Waals surface area contributed by atoms with Gasteiger partial charge in [0.2, 0.25) is 5.95 Å². The van der Waals surface area contributed by atoms with E-state index >= 15 is 0 Å². The van der Waals surface area contributed by atoms with E-state index in [-0.39, 0.29) is 18.0 Å². The molecule has 0 saturated carbocycles. The third-order valence-electron chi connectivity index (χ3n) is 3.63. The number of nitrogens with one attached hydrogen (secondary N) is 3. The number of carbonyl (C=O) groups excluding carboxylic acids is 1. The lowest BCUT2D eigenvalue weighted by Crippen LogP contribution is -2.40. The Kier molecular flexibility index (Phi) is 6.77. The average Bonchev–Trinajstić information content (AvgIpc) is 2.52. The van der Waals surface area contributed by atoms with E-state index in [1.165, 1.54) is 11.1 Å². The molecule has 0 saturated heterocycles. The minimum Gasteiger partial charge on any atom is -0.370 e. The summed E-state index contributed by atoms with van der Waals surface area (Å²) in [6, 6.07) is 8.15. The summed E-state index contributed by atoms with van der Waals surface area (Å²) in [6.45, 7) is 9.22. The summed E-state index contributed by atoms with van der Waals surface area (Å²) in [6.07, 6.45) is 0.772. The monoisotopic (exact) mass is 356 g/mol. The number of anilines is 2. The summed E-state index contributed by atoms with van der Waals surface area (Å²) >= 11 is 0. The molecule has 0 spiro atoms. The van der Waals surface area contributed by atoms with Gasteiger partial charge < -0.3 is 21.7 Å². The Balaban J connectivity index is 1.92. The number of urea groups is 1. The van der Waals surface area contributed by atoms with Gasteiger partial charge in [0, 0.05) is 30.8 Å². The van der Waals surface area contributed by atoms with Crippen LogP contribution in [0.3, 0.4) is 0 Å². The standard InChI is InChI=1S/C19H28N6O/c1-12(2)23-19(26)22-7-5-6-21-17-11-16(24-18(20)25-17)15-9-13(3)8-14(4)10-15/h8-12H,5-7H2,1-4H3,(H2,22,23,26)(H3,20,21,24,25). The van der Waals surface area contributed by atoms with Crippen molar-refractivity contribution in [2.24, 2.45) is 0 Å². The van der Waals surface area contributed by atoms with Gasteiger partial charge in [-0.2, -0.15) is 4.98 Å². The molecular weight excluding hydrogens is 328 g/mol. The number of rotatable bonds is 7. The Morgan fingerprint density at radius 2 is 1.77 bits per heavy atom. The second-order valence-electron chi connectivity index (χ2n) is 6.71. The van der Waals surface area contributed by atoms with Gasteiger partial charge in [-0.3, -0.25) is 0 Å². The summed E-state index contributed by atoms with van der Waals surface area (Å²) < 4.78 is 0. The van der Waals surface area contributed by atoms with Crippen molar-refractivity contribution in [3.8, 4) is 11.3 Å². The zero-order valence-corrected chi connectivity index (χ0v) is 15.9. The van der Waals surface area contributed by atoms with Crippen LogP contribution < -0.4 is 21.7 Å². The first-order valence-electron chi connectivity index (χ1n) is 8.85. The number of aromatic nitrogens is 2. The minimum atomic E-state index is -0.150. The van der Waals surface area contributed by atoms with Crippen molar-refractivity contribution < 1.29 is 4.79 Å². The highest BCUT2D eigenvalue weighted by molar-refractivity contribution is 5.74. The zero-order chi connectivity index (χ0) is 19.1. The van der Waals surface area contributed by atoms with E-state index in [9.17, 15) is 4.79 Å². The number of nitrogen functional groups attached to an aromatic ring is 1. The molecule has 0 aliphatic carbocycles. The molecule has 0 aliphatic rings. The summed E-state index contributed by atoms with van der Waals surface area (Å²) in [5.74, 6) is 0.914. The maximum Gasteiger partial charge on any atom is 0.314 e. The molecular formula is C19H28N6O. The quantitative estimate of drug-likeness (QED) is 0.571.